The van der Waals surface area contributed by atoms with Gasteiger partial charge >= 0.3 is 0 Å². The van der Waals surface area contributed by atoms with Crippen molar-refractivity contribution >= 4 is 0 Å². The van der Waals surface area contributed by atoms with E-state index in [0.717, 1.165) is 31.3 Å². The summed E-state index contributed by atoms with van der Waals surface area (Å²) < 4.78 is 5.22. The highest BCUT2D eigenvalue weighted by Crippen LogP contribution is 2.12. The quantitative estimate of drug-likeness (QED) is 0.724. The van der Waals surface area contributed by atoms with Crippen LogP contribution in [-0.4, -0.2) is 32.8 Å². The second-order valence-corrected chi connectivity index (χ2v) is 4.93. The number of methoxy groups -OCH3 is 1. The zero-order valence-electron chi connectivity index (χ0n) is 11.2. The van der Waals surface area contributed by atoms with E-state index < -0.39 is 0 Å². The fourth-order valence-electron chi connectivity index (χ4n) is 2.47. The van der Waals surface area contributed by atoms with Gasteiger partial charge in [-0.3, -0.25) is 0 Å². The molecule has 0 amide bonds. The Morgan fingerprint density at radius 1 is 1.39 bits per heavy atom. The molecule has 2 rings (SSSR count). The summed E-state index contributed by atoms with van der Waals surface area (Å²) in [5.41, 5.74) is 1.33. The van der Waals surface area contributed by atoms with Crippen molar-refractivity contribution in [3.05, 3.63) is 29.8 Å². The number of benzene rings is 1. The molecule has 0 aliphatic carbocycles. The van der Waals surface area contributed by atoms with Crippen molar-refractivity contribution in [1.29, 1.82) is 0 Å². The first kappa shape index (κ1) is 13.4. The summed E-state index contributed by atoms with van der Waals surface area (Å²) in [5, 5.41) is 7.04. The molecule has 1 unspecified atom stereocenters. The maximum absolute atomic E-state index is 5.22. The number of hydrogen-bond donors (Lipinski definition) is 2. The Bertz CT molecular complexity index is 348. The summed E-state index contributed by atoms with van der Waals surface area (Å²) in [6, 6.07) is 9.05. The molecule has 1 aliphatic heterocycles. The number of rotatable bonds is 7. The van der Waals surface area contributed by atoms with Gasteiger partial charge in [-0.05, 0) is 63.0 Å². The number of nitrogens with one attached hydrogen (secondary N) is 2. The maximum Gasteiger partial charge on any atom is 0.119 e. The highest BCUT2D eigenvalue weighted by atomic mass is 16.5. The van der Waals surface area contributed by atoms with Gasteiger partial charge in [-0.15, -0.1) is 0 Å². The minimum Gasteiger partial charge on any atom is -0.497 e. The van der Waals surface area contributed by atoms with Crippen LogP contribution in [0.2, 0.25) is 0 Å². The molecule has 0 bridgehead atoms. The highest BCUT2D eigenvalue weighted by molar-refractivity contribution is 5.28. The molecular formula is C15H24N2O. The maximum atomic E-state index is 5.22. The molecule has 0 spiro atoms. The summed E-state index contributed by atoms with van der Waals surface area (Å²) in [6.07, 6.45) is 5.00. The van der Waals surface area contributed by atoms with Crippen LogP contribution in [-0.2, 0) is 6.42 Å². The van der Waals surface area contributed by atoms with E-state index in [2.05, 4.69) is 28.8 Å². The van der Waals surface area contributed by atoms with Gasteiger partial charge in [-0.1, -0.05) is 12.1 Å². The second kappa shape index (κ2) is 7.39. The molecule has 0 aromatic heterocycles. The highest BCUT2D eigenvalue weighted by Gasteiger charge is 2.12. The van der Waals surface area contributed by atoms with Crippen molar-refractivity contribution in [2.24, 2.45) is 0 Å². The van der Waals surface area contributed by atoms with Gasteiger partial charge in [0.05, 0.1) is 7.11 Å². The average Bonchev–Trinajstić information content (AvgIpc) is 2.92. The van der Waals surface area contributed by atoms with E-state index in [1.807, 2.05) is 6.07 Å². The number of hydrogen-bond acceptors (Lipinski definition) is 3. The fourth-order valence-corrected chi connectivity index (χ4v) is 2.47. The predicted molar refractivity (Wildman–Crippen MR) is 75.2 cm³/mol. The van der Waals surface area contributed by atoms with Gasteiger partial charge in [0.15, 0.2) is 0 Å². The zero-order valence-corrected chi connectivity index (χ0v) is 11.2. The van der Waals surface area contributed by atoms with Crippen LogP contribution in [0.4, 0.5) is 0 Å². The predicted octanol–water partition coefficient (Wildman–Crippen LogP) is 1.97. The van der Waals surface area contributed by atoms with Gasteiger partial charge in [-0.2, -0.15) is 0 Å². The molecule has 2 N–H and O–H groups in total. The Kier molecular flexibility index (Phi) is 5.49. The van der Waals surface area contributed by atoms with Crippen molar-refractivity contribution in [3.63, 3.8) is 0 Å². The van der Waals surface area contributed by atoms with Gasteiger partial charge in [0, 0.05) is 6.04 Å². The third-order valence-electron chi connectivity index (χ3n) is 3.56. The Morgan fingerprint density at radius 3 is 3.11 bits per heavy atom. The lowest BCUT2D eigenvalue weighted by atomic mass is 10.1. The summed E-state index contributed by atoms with van der Waals surface area (Å²) in [6.45, 7) is 3.36. The van der Waals surface area contributed by atoms with Crippen LogP contribution in [0.25, 0.3) is 0 Å². The lowest BCUT2D eigenvalue weighted by Crippen LogP contribution is -2.28. The van der Waals surface area contributed by atoms with Crippen LogP contribution >= 0.6 is 0 Å². The van der Waals surface area contributed by atoms with Crippen LogP contribution in [0.15, 0.2) is 24.3 Å². The van der Waals surface area contributed by atoms with Crippen molar-refractivity contribution in [1.82, 2.24) is 10.6 Å². The molecule has 1 aliphatic rings. The van der Waals surface area contributed by atoms with Crippen molar-refractivity contribution in [2.75, 3.05) is 26.7 Å². The lowest BCUT2D eigenvalue weighted by Gasteiger charge is -2.10. The van der Waals surface area contributed by atoms with E-state index in [1.165, 1.54) is 31.4 Å². The minimum absolute atomic E-state index is 0.745. The van der Waals surface area contributed by atoms with Crippen LogP contribution in [0, 0.1) is 0 Å². The smallest absolute Gasteiger partial charge is 0.119 e. The molecule has 1 aromatic carbocycles. The van der Waals surface area contributed by atoms with Gasteiger partial charge in [-0.25, -0.2) is 0 Å². The normalized spacial score (nSPS) is 19.1. The topological polar surface area (TPSA) is 33.3 Å². The molecule has 3 heteroatoms. The Hall–Kier alpha value is -1.06. The largest absolute Gasteiger partial charge is 0.497 e. The molecule has 1 fully saturated rings. The molecule has 1 heterocycles. The lowest BCUT2D eigenvalue weighted by molar-refractivity contribution is 0.414. The molecule has 18 heavy (non-hydrogen) atoms. The van der Waals surface area contributed by atoms with Crippen LogP contribution in [0.1, 0.15) is 24.8 Å². The summed E-state index contributed by atoms with van der Waals surface area (Å²) >= 11 is 0. The monoisotopic (exact) mass is 248 g/mol. The molecule has 1 aromatic rings. The number of ether oxygens (including phenoxy) is 1. The fraction of sp³-hybridized carbons (Fsp3) is 0.600. The Labute approximate surface area is 110 Å². The first-order valence-electron chi connectivity index (χ1n) is 6.95. The standard InChI is InChI=1S/C15H24N2O/c1-18-15-6-2-4-13(12-15)7-10-16-11-8-14-5-3-9-17-14/h2,4,6,12,14,16-17H,3,5,7-11H2,1H3. The van der Waals surface area contributed by atoms with Crippen LogP contribution in [0.3, 0.4) is 0 Å². The molecule has 1 atom stereocenters. The molecule has 0 radical (unpaired) electrons. The second-order valence-electron chi connectivity index (χ2n) is 4.93. The molecular weight excluding hydrogens is 224 g/mol. The molecule has 0 saturated carbocycles. The van der Waals surface area contributed by atoms with Crippen LogP contribution in [0.5, 0.6) is 5.75 Å². The Balaban J connectivity index is 1.59. The minimum atomic E-state index is 0.745. The van der Waals surface area contributed by atoms with E-state index in [0.29, 0.717) is 0 Å². The molecule has 100 valence electrons. The van der Waals surface area contributed by atoms with Gasteiger partial charge in [0.25, 0.3) is 0 Å². The average molecular weight is 248 g/mol. The van der Waals surface area contributed by atoms with E-state index in [1.54, 1.807) is 7.11 Å². The third kappa shape index (κ3) is 4.31. The molecule has 3 nitrogen and oxygen atoms in total. The summed E-state index contributed by atoms with van der Waals surface area (Å²) in [5.74, 6) is 0.947. The Morgan fingerprint density at radius 2 is 2.33 bits per heavy atom. The van der Waals surface area contributed by atoms with E-state index in [9.17, 15) is 0 Å². The van der Waals surface area contributed by atoms with E-state index >= 15 is 0 Å². The van der Waals surface area contributed by atoms with Gasteiger partial charge in [0.1, 0.15) is 5.75 Å². The van der Waals surface area contributed by atoms with E-state index in [-0.39, 0.29) is 0 Å². The zero-order chi connectivity index (χ0) is 12.6. The third-order valence-corrected chi connectivity index (χ3v) is 3.56. The van der Waals surface area contributed by atoms with E-state index in [4.69, 9.17) is 4.74 Å². The van der Waals surface area contributed by atoms with Crippen molar-refractivity contribution in [3.8, 4) is 5.75 Å². The van der Waals surface area contributed by atoms with Crippen LogP contribution < -0.4 is 15.4 Å². The van der Waals surface area contributed by atoms with Crippen molar-refractivity contribution < 1.29 is 4.74 Å². The molecule has 1 saturated heterocycles. The summed E-state index contributed by atoms with van der Waals surface area (Å²) in [7, 11) is 1.71. The van der Waals surface area contributed by atoms with Crippen molar-refractivity contribution in [2.45, 2.75) is 31.7 Å². The first-order chi connectivity index (χ1) is 8.88. The SMILES string of the molecule is COc1cccc(CCNCCC2CCCN2)c1. The summed E-state index contributed by atoms with van der Waals surface area (Å²) in [4.78, 5) is 0. The first-order valence-corrected chi connectivity index (χ1v) is 6.95. The van der Waals surface area contributed by atoms with Gasteiger partial charge in [0.2, 0.25) is 0 Å². The van der Waals surface area contributed by atoms with Gasteiger partial charge < -0.3 is 15.4 Å².